The Morgan fingerprint density at radius 3 is 2.62 bits per heavy atom. The molecule has 1 saturated heterocycles. The van der Waals surface area contributed by atoms with Gasteiger partial charge in [0.1, 0.15) is 6.04 Å². The largest absolute Gasteiger partial charge is 0.352 e. The molecule has 1 aromatic rings. The quantitative estimate of drug-likeness (QED) is 0.675. The summed E-state index contributed by atoms with van der Waals surface area (Å²) in [5, 5.41) is 9.28. The van der Waals surface area contributed by atoms with Gasteiger partial charge in [0.25, 0.3) is 0 Å². The number of carbonyl (C=O) groups is 2. The maximum atomic E-state index is 12.5. The molecule has 1 aliphatic carbocycles. The maximum absolute atomic E-state index is 12.5. The van der Waals surface area contributed by atoms with Crippen molar-refractivity contribution >= 4 is 11.8 Å². The summed E-state index contributed by atoms with van der Waals surface area (Å²) >= 11 is 0. The van der Waals surface area contributed by atoms with Crippen molar-refractivity contribution in [2.75, 3.05) is 13.1 Å². The second kappa shape index (κ2) is 8.29. The molecule has 0 spiro atoms. The first-order valence-corrected chi connectivity index (χ1v) is 9.05. The Labute approximate surface area is 143 Å². The molecule has 1 aromatic carbocycles. The number of carbonyl (C=O) groups excluding carboxylic acids is 2. The lowest BCUT2D eigenvalue weighted by Gasteiger charge is -2.19. The van der Waals surface area contributed by atoms with Gasteiger partial charge in [0.05, 0.1) is 0 Å². The van der Waals surface area contributed by atoms with Crippen molar-refractivity contribution in [1.82, 2.24) is 16.0 Å². The minimum Gasteiger partial charge on any atom is -0.352 e. The van der Waals surface area contributed by atoms with Crippen molar-refractivity contribution in [2.24, 2.45) is 5.92 Å². The predicted octanol–water partition coefficient (Wildman–Crippen LogP) is 1.38. The molecule has 2 amide bonds. The van der Waals surface area contributed by atoms with Gasteiger partial charge in [0, 0.05) is 18.9 Å². The van der Waals surface area contributed by atoms with E-state index >= 15 is 0 Å². The molecule has 130 valence electrons. The Hall–Kier alpha value is -1.88. The molecule has 5 nitrogen and oxygen atoms in total. The molecule has 1 saturated carbocycles. The minimum absolute atomic E-state index is 0.0196. The first kappa shape index (κ1) is 17.0. The first-order valence-electron chi connectivity index (χ1n) is 9.05. The van der Waals surface area contributed by atoms with Gasteiger partial charge in [-0.1, -0.05) is 30.3 Å². The Morgan fingerprint density at radius 2 is 1.96 bits per heavy atom. The van der Waals surface area contributed by atoms with Crippen molar-refractivity contribution in [2.45, 2.75) is 50.6 Å². The number of benzene rings is 1. The zero-order valence-corrected chi connectivity index (χ0v) is 14.1. The van der Waals surface area contributed by atoms with Crippen molar-refractivity contribution in [1.29, 1.82) is 0 Å². The fourth-order valence-electron chi connectivity index (χ4n) is 3.15. The van der Waals surface area contributed by atoms with Crippen molar-refractivity contribution in [3.8, 4) is 0 Å². The van der Waals surface area contributed by atoms with Crippen LogP contribution in [0.4, 0.5) is 0 Å². The summed E-state index contributed by atoms with van der Waals surface area (Å²) in [6.07, 6.45) is 5.16. The third kappa shape index (κ3) is 5.34. The highest BCUT2D eigenvalue weighted by atomic mass is 16.2. The molecule has 2 aliphatic rings. The van der Waals surface area contributed by atoms with Gasteiger partial charge in [0.2, 0.25) is 11.8 Å². The van der Waals surface area contributed by atoms with Gasteiger partial charge in [0.15, 0.2) is 0 Å². The summed E-state index contributed by atoms with van der Waals surface area (Å²) in [4.78, 5) is 24.8. The van der Waals surface area contributed by atoms with Gasteiger partial charge in [-0.25, -0.2) is 0 Å². The van der Waals surface area contributed by atoms with Crippen molar-refractivity contribution < 1.29 is 9.59 Å². The molecule has 3 N–H and O–H groups in total. The van der Waals surface area contributed by atoms with Crippen LogP contribution in [0, 0.1) is 5.92 Å². The van der Waals surface area contributed by atoms with E-state index in [0.29, 0.717) is 24.8 Å². The zero-order valence-electron chi connectivity index (χ0n) is 14.1. The van der Waals surface area contributed by atoms with Crippen LogP contribution in [-0.4, -0.2) is 37.0 Å². The molecule has 2 atom stereocenters. The number of hydrogen-bond acceptors (Lipinski definition) is 3. The number of nitrogens with one attached hydrogen (secondary N) is 3. The molecule has 24 heavy (non-hydrogen) atoms. The second-order valence-electron chi connectivity index (χ2n) is 6.99. The zero-order chi connectivity index (χ0) is 16.8. The highest BCUT2D eigenvalue weighted by Crippen LogP contribution is 2.19. The molecule has 0 aromatic heterocycles. The minimum atomic E-state index is -0.484. The summed E-state index contributed by atoms with van der Waals surface area (Å²) in [5.74, 6) is 0.509. The van der Waals surface area contributed by atoms with Gasteiger partial charge >= 0.3 is 0 Å². The van der Waals surface area contributed by atoms with E-state index in [9.17, 15) is 9.59 Å². The van der Waals surface area contributed by atoms with Gasteiger partial charge in [-0.2, -0.15) is 0 Å². The third-order valence-electron chi connectivity index (χ3n) is 4.80. The summed E-state index contributed by atoms with van der Waals surface area (Å²) in [5.41, 5.74) is 1.06. The Balaban J connectivity index is 1.53. The van der Waals surface area contributed by atoms with Crippen LogP contribution in [0.2, 0.25) is 0 Å². The van der Waals surface area contributed by atoms with E-state index in [4.69, 9.17) is 0 Å². The van der Waals surface area contributed by atoms with E-state index in [-0.39, 0.29) is 11.8 Å². The van der Waals surface area contributed by atoms with Crippen LogP contribution in [-0.2, 0) is 16.0 Å². The summed E-state index contributed by atoms with van der Waals surface area (Å²) in [7, 11) is 0. The van der Waals surface area contributed by atoms with Crippen LogP contribution in [0.5, 0.6) is 0 Å². The number of rotatable bonds is 8. The summed E-state index contributed by atoms with van der Waals surface area (Å²) in [6, 6.07) is 9.68. The van der Waals surface area contributed by atoms with Crippen LogP contribution >= 0.6 is 0 Å². The fraction of sp³-hybridized carbons (Fsp3) is 0.579. The van der Waals surface area contributed by atoms with Gasteiger partial charge < -0.3 is 16.0 Å². The molecule has 2 unspecified atom stereocenters. The average molecular weight is 329 g/mol. The van der Waals surface area contributed by atoms with Gasteiger partial charge in [-0.3, -0.25) is 9.59 Å². The molecule has 0 radical (unpaired) electrons. The lowest BCUT2D eigenvalue weighted by molar-refractivity contribution is -0.129. The van der Waals surface area contributed by atoms with Crippen LogP contribution in [0.25, 0.3) is 0 Å². The van der Waals surface area contributed by atoms with E-state index in [1.807, 2.05) is 30.3 Å². The lowest BCUT2D eigenvalue weighted by atomic mass is 10.0. The predicted molar refractivity (Wildman–Crippen MR) is 93.5 cm³/mol. The average Bonchev–Trinajstić information content (AvgIpc) is 3.24. The highest BCUT2D eigenvalue weighted by molar-refractivity contribution is 5.88. The molecular formula is C19H27N3O2. The Kier molecular flexibility index (Phi) is 5.86. The normalized spacial score (nSPS) is 21.2. The Morgan fingerprint density at radius 1 is 1.17 bits per heavy atom. The van der Waals surface area contributed by atoms with Crippen LogP contribution in [0.15, 0.2) is 30.3 Å². The molecular weight excluding hydrogens is 302 g/mol. The monoisotopic (exact) mass is 329 g/mol. The molecule has 5 heteroatoms. The number of hydrogen-bond donors (Lipinski definition) is 3. The molecule has 3 rings (SSSR count). The second-order valence-corrected chi connectivity index (χ2v) is 6.99. The van der Waals surface area contributed by atoms with E-state index in [2.05, 4.69) is 16.0 Å². The van der Waals surface area contributed by atoms with Gasteiger partial charge in [-0.15, -0.1) is 0 Å². The molecule has 1 aliphatic heterocycles. The standard InChI is InChI=1S/C19H27N3O2/c23-18(9-6-15-10-11-20-13-15)22-17(19(24)21-16-7-8-16)12-14-4-2-1-3-5-14/h1-5,15-17,20H,6-13H2,(H,21,24)(H,22,23). The Bertz CT molecular complexity index is 551. The van der Waals surface area contributed by atoms with E-state index in [0.717, 1.165) is 44.3 Å². The molecule has 2 fully saturated rings. The fourth-order valence-corrected chi connectivity index (χ4v) is 3.15. The highest BCUT2D eigenvalue weighted by Gasteiger charge is 2.28. The SMILES string of the molecule is O=C(CCC1CCNC1)NC(Cc1ccccc1)C(=O)NC1CC1. The van der Waals surface area contributed by atoms with Crippen LogP contribution < -0.4 is 16.0 Å². The van der Waals surface area contributed by atoms with E-state index < -0.39 is 6.04 Å². The molecule has 1 heterocycles. The smallest absolute Gasteiger partial charge is 0.243 e. The number of amides is 2. The summed E-state index contributed by atoms with van der Waals surface area (Å²) < 4.78 is 0. The van der Waals surface area contributed by atoms with E-state index in [1.54, 1.807) is 0 Å². The summed E-state index contributed by atoms with van der Waals surface area (Å²) in [6.45, 7) is 2.05. The van der Waals surface area contributed by atoms with Gasteiger partial charge in [-0.05, 0) is 50.3 Å². The van der Waals surface area contributed by atoms with Crippen molar-refractivity contribution in [3.63, 3.8) is 0 Å². The van der Waals surface area contributed by atoms with E-state index in [1.165, 1.54) is 0 Å². The third-order valence-corrected chi connectivity index (χ3v) is 4.80. The van der Waals surface area contributed by atoms with Crippen LogP contribution in [0.3, 0.4) is 0 Å². The first-order chi connectivity index (χ1) is 11.7. The van der Waals surface area contributed by atoms with Crippen molar-refractivity contribution in [3.05, 3.63) is 35.9 Å². The maximum Gasteiger partial charge on any atom is 0.243 e. The lowest BCUT2D eigenvalue weighted by Crippen LogP contribution is -2.48. The molecule has 0 bridgehead atoms. The topological polar surface area (TPSA) is 70.2 Å². The van der Waals surface area contributed by atoms with Crippen LogP contribution in [0.1, 0.15) is 37.7 Å².